The number of amides is 1. The van der Waals surface area contributed by atoms with E-state index in [1.54, 1.807) is 6.07 Å². The molecular weight excluding hydrogens is 272 g/mol. The fourth-order valence-electron chi connectivity index (χ4n) is 1.67. The van der Waals surface area contributed by atoms with Crippen molar-refractivity contribution in [3.63, 3.8) is 0 Å². The molecule has 0 unspecified atom stereocenters. The summed E-state index contributed by atoms with van der Waals surface area (Å²) < 4.78 is 0.707. The number of carbonyl (C=O) groups is 1. The first-order valence-electron chi connectivity index (χ1n) is 5.25. The average Bonchev–Trinajstić information content (AvgIpc) is 2.79. The van der Waals surface area contributed by atoms with E-state index in [2.05, 4.69) is 31.2 Å². The van der Waals surface area contributed by atoms with Gasteiger partial charge in [0.2, 0.25) is 5.91 Å². The number of carbonyl (C=O) groups excluding carboxylic acids is 1. The zero-order chi connectivity index (χ0) is 11.4. The van der Waals surface area contributed by atoms with Gasteiger partial charge in [0.1, 0.15) is 16.7 Å². The van der Waals surface area contributed by atoms with Gasteiger partial charge in [-0.2, -0.15) is 0 Å². The first-order valence-corrected chi connectivity index (χ1v) is 6.04. The monoisotopic (exact) mass is 284 g/mol. The molecule has 0 radical (unpaired) electrons. The van der Waals surface area contributed by atoms with E-state index in [1.165, 1.54) is 6.33 Å². The Morgan fingerprint density at radius 3 is 2.88 bits per heavy atom. The molecule has 0 aromatic carbocycles. The van der Waals surface area contributed by atoms with Gasteiger partial charge in [0.15, 0.2) is 0 Å². The second-order valence-corrected chi connectivity index (χ2v) is 4.48. The molecule has 0 saturated carbocycles. The second-order valence-electron chi connectivity index (χ2n) is 3.67. The molecule has 1 N–H and O–H groups in total. The van der Waals surface area contributed by atoms with Gasteiger partial charge in [-0.05, 0) is 28.8 Å². The van der Waals surface area contributed by atoms with Crippen LogP contribution in [0.1, 0.15) is 12.8 Å². The van der Waals surface area contributed by atoms with Gasteiger partial charge >= 0.3 is 0 Å². The maximum Gasteiger partial charge on any atom is 0.241 e. The van der Waals surface area contributed by atoms with Gasteiger partial charge in [-0.1, -0.05) is 0 Å². The van der Waals surface area contributed by atoms with Crippen molar-refractivity contribution in [1.82, 2.24) is 14.9 Å². The summed E-state index contributed by atoms with van der Waals surface area (Å²) >= 11 is 3.25. The largest absolute Gasteiger partial charge is 0.361 e. The van der Waals surface area contributed by atoms with Crippen LogP contribution in [0.3, 0.4) is 0 Å². The van der Waals surface area contributed by atoms with Gasteiger partial charge in [0.25, 0.3) is 0 Å². The molecule has 1 aliphatic rings. The number of hydrogen-bond donors (Lipinski definition) is 1. The van der Waals surface area contributed by atoms with E-state index in [9.17, 15) is 4.79 Å². The highest BCUT2D eigenvalue weighted by atomic mass is 79.9. The standard InChI is InChI=1S/C10H13BrN4O/c11-8-5-9(14-7-13-8)12-6-10(16)15-3-1-2-4-15/h5,7H,1-4,6H2,(H,12,13,14). The minimum Gasteiger partial charge on any atom is -0.361 e. The predicted octanol–water partition coefficient (Wildman–Crippen LogP) is 1.27. The number of rotatable bonds is 3. The van der Waals surface area contributed by atoms with Crippen LogP contribution in [0, 0.1) is 0 Å². The SMILES string of the molecule is O=C(CNc1cc(Br)ncn1)N1CCCC1. The topological polar surface area (TPSA) is 58.1 Å². The summed E-state index contributed by atoms with van der Waals surface area (Å²) in [5, 5.41) is 2.99. The molecule has 0 spiro atoms. The molecule has 1 aromatic heterocycles. The first-order chi connectivity index (χ1) is 7.75. The highest BCUT2D eigenvalue weighted by molar-refractivity contribution is 9.10. The molecule has 6 heteroatoms. The fourth-order valence-corrected chi connectivity index (χ4v) is 1.98. The zero-order valence-electron chi connectivity index (χ0n) is 8.82. The highest BCUT2D eigenvalue weighted by Crippen LogP contribution is 2.10. The minimum absolute atomic E-state index is 0.132. The van der Waals surface area contributed by atoms with Crippen molar-refractivity contribution in [1.29, 1.82) is 0 Å². The van der Waals surface area contributed by atoms with Gasteiger partial charge in [-0.3, -0.25) is 4.79 Å². The summed E-state index contributed by atoms with van der Waals surface area (Å²) in [4.78, 5) is 21.5. The lowest BCUT2D eigenvalue weighted by Crippen LogP contribution is -2.33. The predicted molar refractivity (Wildman–Crippen MR) is 64.0 cm³/mol. The zero-order valence-corrected chi connectivity index (χ0v) is 10.4. The van der Waals surface area contributed by atoms with Crippen molar-refractivity contribution >= 4 is 27.7 Å². The van der Waals surface area contributed by atoms with Crippen LogP contribution in [0.25, 0.3) is 0 Å². The van der Waals surface area contributed by atoms with Gasteiger partial charge in [-0.15, -0.1) is 0 Å². The van der Waals surface area contributed by atoms with Crippen LogP contribution in [0.2, 0.25) is 0 Å². The number of aromatic nitrogens is 2. The molecule has 1 aromatic rings. The molecule has 0 bridgehead atoms. The number of halogens is 1. The Morgan fingerprint density at radius 2 is 2.19 bits per heavy atom. The van der Waals surface area contributed by atoms with Gasteiger partial charge in [0.05, 0.1) is 6.54 Å². The molecule has 2 rings (SSSR count). The molecule has 1 amide bonds. The summed E-state index contributed by atoms with van der Waals surface area (Å²) in [6.45, 7) is 2.06. The molecule has 1 fully saturated rings. The van der Waals surface area contributed by atoms with Gasteiger partial charge in [0, 0.05) is 19.2 Å². The van der Waals surface area contributed by atoms with E-state index in [0.717, 1.165) is 25.9 Å². The number of hydrogen-bond acceptors (Lipinski definition) is 4. The van der Waals surface area contributed by atoms with Crippen LogP contribution in [0.5, 0.6) is 0 Å². The normalized spacial score (nSPS) is 15.2. The Kier molecular flexibility index (Phi) is 3.71. The smallest absolute Gasteiger partial charge is 0.241 e. The van der Waals surface area contributed by atoms with Crippen molar-refractivity contribution < 1.29 is 4.79 Å². The third-order valence-corrected chi connectivity index (χ3v) is 2.95. The number of anilines is 1. The molecule has 0 atom stereocenters. The van der Waals surface area contributed by atoms with Crippen LogP contribution in [-0.4, -0.2) is 40.4 Å². The van der Waals surface area contributed by atoms with Crippen molar-refractivity contribution in [2.24, 2.45) is 0 Å². The number of likely N-dealkylation sites (tertiary alicyclic amines) is 1. The Morgan fingerprint density at radius 1 is 1.44 bits per heavy atom. The maximum atomic E-state index is 11.7. The lowest BCUT2D eigenvalue weighted by atomic mass is 10.4. The average molecular weight is 285 g/mol. The van der Waals surface area contributed by atoms with Crippen molar-refractivity contribution in [2.45, 2.75) is 12.8 Å². The molecule has 16 heavy (non-hydrogen) atoms. The number of nitrogens with one attached hydrogen (secondary N) is 1. The summed E-state index contributed by atoms with van der Waals surface area (Å²) in [7, 11) is 0. The Hall–Kier alpha value is -1.17. The van der Waals surface area contributed by atoms with Crippen LogP contribution in [-0.2, 0) is 4.79 Å². The van der Waals surface area contributed by atoms with E-state index >= 15 is 0 Å². The summed E-state index contributed by atoms with van der Waals surface area (Å²) in [6.07, 6.45) is 3.68. The Labute approximate surface area is 102 Å². The van der Waals surface area contributed by atoms with Crippen LogP contribution in [0.15, 0.2) is 17.0 Å². The van der Waals surface area contributed by atoms with Crippen molar-refractivity contribution in [2.75, 3.05) is 25.0 Å². The van der Waals surface area contributed by atoms with E-state index in [4.69, 9.17) is 0 Å². The van der Waals surface area contributed by atoms with Crippen molar-refractivity contribution in [3.05, 3.63) is 17.0 Å². The fraction of sp³-hybridized carbons (Fsp3) is 0.500. The molecule has 2 heterocycles. The quantitative estimate of drug-likeness (QED) is 0.850. The highest BCUT2D eigenvalue weighted by Gasteiger charge is 2.17. The maximum absolute atomic E-state index is 11.7. The number of nitrogens with zero attached hydrogens (tertiary/aromatic N) is 3. The molecular formula is C10H13BrN4O. The lowest BCUT2D eigenvalue weighted by molar-refractivity contribution is -0.128. The lowest BCUT2D eigenvalue weighted by Gasteiger charge is -2.15. The third kappa shape index (κ3) is 2.91. The molecule has 1 aliphatic heterocycles. The van der Waals surface area contributed by atoms with E-state index in [-0.39, 0.29) is 5.91 Å². The third-order valence-electron chi connectivity index (χ3n) is 2.51. The molecule has 86 valence electrons. The first kappa shape index (κ1) is 11.3. The Balaban J connectivity index is 1.84. The van der Waals surface area contributed by atoms with E-state index < -0.39 is 0 Å². The minimum atomic E-state index is 0.132. The van der Waals surface area contributed by atoms with Crippen LogP contribution in [0.4, 0.5) is 5.82 Å². The summed E-state index contributed by atoms with van der Waals surface area (Å²) in [5.74, 6) is 0.793. The summed E-state index contributed by atoms with van der Waals surface area (Å²) in [5.41, 5.74) is 0. The molecule has 5 nitrogen and oxygen atoms in total. The van der Waals surface area contributed by atoms with E-state index in [1.807, 2.05) is 4.90 Å². The summed E-state index contributed by atoms with van der Waals surface area (Å²) in [6, 6.07) is 1.75. The van der Waals surface area contributed by atoms with Gasteiger partial charge in [-0.25, -0.2) is 9.97 Å². The second kappa shape index (κ2) is 5.25. The molecule has 1 saturated heterocycles. The van der Waals surface area contributed by atoms with Gasteiger partial charge < -0.3 is 10.2 Å². The Bertz CT molecular complexity index is 379. The van der Waals surface area contributed by atoms with E-state index in [0.29, 0.717) is 17.0 Å². The van der Waals surface area contributed by atoms with Crippen LogP contribution >= 0.6 is 15.9 Å². The molecule has 0 aliphatic carbocycles. The van der Waals surface area contributed by atoms with Crippen molar-refractivity contribution in [3.8, 4) is 0 Å². The van der Waals surface area contributed by atoms with Crippen LogP contribution < -0.4 is 5.32 Å².